The summed E-state index contributed by atoms with van der Waals surface area (Å²) < 4.78 is 21.2. The van der Waals surface area contributed by atoms with Gasteiger partial charge in [0.1, 0.15) is 47.0 Å². The molecule has 516 valence electrons. The lowest BCUT2D eigenvalue weighted by molar-refractivity contribution is -0.144. The number of H-pyrrole nitrogens is 1. The number of methoxy groups -OCH3 is 1. The SMILES string of the molecule is CC[C@H](C)[C@@H]1NC(=O)CNC(=O)[C@@H]2Cc3c([nH]c4c(CSCCNC(=O)CCCCCNC(=O)C5CCC(CN6C(=O)C=CC6=O)CC5)c(OC)ccc34)S(=O)C[C@H](NC(=O)CNC1=O)C(=O)N[C@@H](CC(N)=O)C(=O)N1C[C@H](O)C[C@H]1C(=O)N[C@@H]([C@@H](C)[C@@H](O)CO)C(=O)N2. The number of ether oxygens (including phenoxy) is 1. The van der Waals surface area contributed by atoms with Crippen LogP contribution in [-0.4, -0.2) is 224 Å². The first-order chi connectivity index (χ1) is 44.8. The monoisotopic (exact) mass is 1350 g/mol. The quantitative estimate of drug-likeness (QED) is 0.0396. The van der Waals surface area contributed by atoms with E-state index in [0.717, 1.165) is 17.7 Å². The van der Waals surface area contributed by atoms with Crippen LogP contribution in [0.2, 0.25) is 0 Å². The van der Waals surface area contributed by atoms with Gasteiger partial charge in [0, 0.05) is 91.9 Å². The minimum absolute atomic E-state index is 0.0331. The second kappa shape index (κ2) is 34.4. The van der Waals surface area contributed by atoms with Gasteiger partial charge in [-0.3, -0.25) is 71.4 Å². The van der Waals surface area contributed by atoms with Crippen LogP contribution in [0.15, 0.2) is 29.3 Å². The second-order valence-electron chi connectivity index (χ2n) is 24.4. The highest BCUT2D eigenvalue weighted by atomic mass is 32.2. The Hall–Kier alpha value is -8.01. The average molecular weight is 1350 g/mol. The molecule has 1 unspecified atom stereocenters. The van der Waals surface area contributed by atoms with Gasteiger partial charge in [-0.15, -0.1) is 0 Å². The Morgan fingerprint density at radius 2 is 1.50 bits per heavy atom. The Morgan fingerprint density at radius 1 is 0.809 bits per heavy atom. The minimum atomic E-state index is -2.47. The van der Waals surface area contributed by atoms with Crippen molar-refractivity contribution in [2.45, 2.75) is 157 Å². The van der Waals surface area contributed by atoms with Gasteiger partial charge < -0.3 is 83.5 Å². The lowest BCUT2D eigenvalue weighted by Gasteiger charge is -2.32. The summed E-state index contributed by atoms with van der Waals surface area (Å²) in [6.07, 6.45) is 2.87. The van der Waals surface area contributed by atoms with Gasteiger partial charge in [-0.05, 0) is 68.1 Å². The number of hydrogen-bond acceptors (Lipinski definition) is 19. The highest BCUT2D eigenvalue weighted by Gasteiger charge is 2.45. The Balaban J connectivity index is 1.14. The minimum Gasteiger partial charge on any atom is -0.496 e. The third-order valence-electron chi connectivity index (χ3n) is 17.8. The van der Waals surface area contributed by atoms with E-state index >= 15 is 4.21 Å². The van der Waals surface area contributed by atoms with E-state index in [4.69, 9.17) is 10.5 Å². The van der Waals surface area contributed by atoms with Crippen molar-refractivity contribution in [3.8, 4) is 5.75 Å². The Labute approximate surface area is 549 Å². The molecule has 1 aromatic heterocycles. The molecule has 7 rings (SSSR count). The van der Waals surface area contributed by atoms with Crippen LogP contribution >= 0.6 is 11.8 Å². The maximum atomic E-state index is 15.3. The van der Waals surface area contributed by atoms with E-state index in [1.807, 2.05) is 0 Å². The van der Waals surface area contributed by atoms with E-state index in [0.29, 0.717) is 79.6 Å². The second-order valence-corrected chi connectivity index (χ2v) is 27.0. The fourth-order valence-corrected chi connectivity index (χ4v) is 14.4. The molecule has 5 heterocycles. The number of nitrogens with one attached hydrogen (secondary N) is 10. The van der Waals surface area contributed by atoms with Gasteiger partial charge in [-0.1, -0.05) is 33.6 Å². The summed E-state index contributed by atoms with van der Waals surface area (Å²) in [6.45, 7) is 2.69. The number of aromatic amines is 1. The molecule has 33 heteroatoms. The summed E-state index contributed by atoms with van der Waals surface area (Å²) in [5.74, 6) is -12.0. The summed E-state index contributed by atoms with van der Waals surface area (Å²) in [5, 5.41) is 55.5. The van der Waals surface area contributed by atoms with Crippen molar-refractivity contribution in [2.24, 2.45) is 29.4 Å². The molecule has 0 spiro atoms. The Morgan fingerprint density at radius 3 is 2.17 bits per heavy atom. The van der Waals surface area contributed by atoms with Crippen LogP contribution in [0.5, 0.6) is 5.75 Å². The molecule has 1 aliphatic carbocycles. The molecule has 2 bridgehead atoms. The van der Waals surface area contributed by atoms with Gasteiger partial charge in [0.2, 0.25) is 65.0 Å². The summed E-state index contributed by atoms with van der Waals surface area (Å²) in [5.41, 5.74) is 6.47. The highest BCUT2D eigenvalue weighted by Crippen LogP contribution is 2.37. The predicted octanol–water partition coefficient (Wildman–Crippen LogP) is -3.86. The van der Waals surface area contributed by atoms with Crippen molar-refractivity contribution >= 4 is 110 Å². The smallest absolute Gasteiger partial charge is 0.253 e. The van der Waals surface area contributed by atoms with Crippen molar-refractivity contribution in [3.05, 3.63) is 35.4 Å². The molecule has 13 amide bonds. The van der Waals surface area contributed by atoms with Crippen LogP contribution in [0, 0.1) is 23.7 Å². The Bertz CT molecular complexity index is 3230. The van der Waals surface area contributed by atoms with E-state index in [-0.39, 0.29) is 64.8 Å². The highest BCUT2D eigenvalue weighted by molar-refractivity contribution is 7.98. The van der Waals surface area contributed by atoms with Gasteiger partial charge in [0.15, 0.2) is 0 Å². The number of fused-ring (bicyclic) bond motifs is 5. The molecular weight excluding hydrogens is 1270 g/mol. The number of primary amides is 1. The van der Waals surface area contributed by atoms with Crippen molar-refractivity contribution in [1.82, 2.24) is 62.6 Å². The van der Waals surface area contributed by atoms with Gasteiger partial charge in [-0.2, -0.15) is 11.8 Å². The van der Waals surface area contributed by atoms with E-state index < -0.39 is 176 Å². The summed E-state index contributed by atoms with van der Waals surface area (Å²) in [4.78, 5) is 182. The number of thioether (sulfide) groups is 1. The van der Waals surface area contributed by atoms with Crippen LogP contribution in [0.4, 0.5) is 0 Å². The zero-order chi connectivity index (χ0) is 68.5. The van der Waals surface area contributed by atoms with E-state index in [9.17, 15) is 77.6 Å². The number of aliphatic hydroxyl groups is 3. The largest absolute Gasteiger partial charge is 0.496 e. The van der Waals surface area contributed by atoms with Crippen molar-refractivity contribution in [2.75, 3.05) is 64.5 Å². The number of imide groups is 1. The maximum absolute atomic E-state index is 15.3. The van der Waals surface area contributed by atoms with Crippen molar-refractivity contribution in [1.29, 1.82) is 0 Å². The van der Waals surface area contributed by atoms with E-state index in [1.165, 1.54) is 42.8 Å². The third-order valence-corrected chi connectivity index (χ3v) is 20.2. The average Bonchev–Trinajstić information content (AvgIpc) is 1.61. The van der Waals surface area contributed by atoms with Crippen LogP contribution in [0.3, 0.4) is 0 Å². The van der Waals surface area contributed by atoms with Crippen LogP contribution in [0.1, 0.15) is 103 Å². The summed E-state index contributed by atoms with van der Waals surface area (Å²) in [7, 11) is -1.06. The summed E-state index contributed by atoms with van der Waals surface area (Å²) >= 11 is 1.38. The molecule has 31 nitrogen and oxygen atoms in total. The molecular formula is C61H87N13O18S2. The number of amides is 13. The number of rotatable bonds is 22. The number of carbonyl (C=O) groups excluding carboxylic acids is 13. The number of hydrogen-bond donors (Lipinski definition) is 14. The number of benzene rings is 1. The number of nitrogens with zero attached hydrogens (tertiary/aromatic N) is 2. The van der Waals surface area contributed by atoms with E-state index in [1.54, 1.807) is 26.0 Å². The normalized spacial score (nSPS) is 26.3. The molecule has 2 fully saturated rings. The lowest BCUT2D eigenvalue weighted by Crippen LogP contribution is -2.62. The van der Waals surface area contributed by atoms with Gasteiger partial charge >= 0.3 is 0 Å². The standard InChI is InChI=1S/C61H87N13O18S2/c1-5-31(2)51-58(88)66-24-47(80)67-41-30-94(91)60-37(22-39(55(85)65-25-48(81)70-51)68-59(89)52(32(3)43(77)28-75)71-57(87)42-21-35(76)27-73(42)61(90)40(23-45(62)78)69-56(41)86)36-14-15-44(92-4)38(53(36)72-60)29-93-20-19-63-46(79)9-7-6-8-18-64-54(84)34-12-10-33(11-13-34)26-74-49(82)16-17-50(74)83/h14-17,31-35,39-43,51-52,72,75-77H,5-13,18-30H2,1-4H3,(H2,62,78)(H,63,79)(H,64,84)(H,65,85)(H,66,88)(H,67,80)(H,68,89)(H,69,86)(H,70,81)(H,71,87)/t31-,32-,33?,34?,35+,39-,40-,41-,42-,43-,51-,52-,94?/m0/s1. The first kappa shape index (κ1) is 73.4. The number of aromatic nitrogens is 1. The molecule has 2 aromatic rings. The first-order valence-electron chi connectivity index (χ1n) is 31.7. The van der Waals surface area contributed by atoms with Crippen LogP contribution in [0.25, 0.3) is 10.9 Å². The number of unbranched alkanes of at least 4 members (excludes halogenated alkanes) is 2. The number of aliphatic hydroxyl groups excluding tert-OH is 3. The molecule has 5 aliphatic rings. The maximum Gasteiger partial charge on any atom is 0.253 e. The first-order valence-corrected chi connectivity index (χ1v) is 34.1. The van der Waals surface area contributed by atoms with Crippen LogP contribution < -0.4 is 58.3 Å². The molecule has 1 aromatic carbocycles. The lowest BCUT2D eigenvalue weighted by atomic mass is 9.81. The number of nitrogens with two attached hydrogens (primary N) is 1. The van der Waals surface area contributed by atoms with E-state index in [2.05, 4.69) is 52.8 Å². The topological polar surface area (TPSA) is 465 Å². The third kappa shape index (κ3) is 19.3. The van der Waals surface area contributed by atoms with Crippen LogP contribution in [-0.2, 0) is 85.3 Å². The molecule has 4 aliphatic heterocycles. The molecule has 1 saturated heterocycles. The van der Waals surface area contributed by atoms with Crippen molar-refractivity contribution in [3.63, 3.8) is 0 Å². The fraction of sp³-hybridized carbons (Fsp3) is 0.623. The molecule has 15 N–H and O–H groups in total. The van der Waals surface area contributed by atoms with Gasteiger partial charge in [-0.25, -0.2) is 0 Å². The van der Waals surface area contributed by atoms with Gasteiger partial charge in [0.05, 0.1) is 67.5 Å². The summed E-state index contributed by atoms with van der Waals surface area (Å²) in [6, 6.07) is -7.07. The fourth-order valence-electron chi connectivity index (χ4n) is 12.1. The number of carbonyl (C=O) groups is 13. The van der Waals surface area contributed by atoms with Gasteiger partial charge in [0.25, 0.3) is 11.8 Å². The molecule has 11 atom stereocenters. The Kier molecular flexibility index (Phi) is 26.9. The molecule has 94 heavy (non-hydrogen) atoms. The molecule has 1 saturated carbocycles. The predicted molar refractivity (Wildman–Crippen MR) is 339 cm³/mol. The van der Waals surface area contributed by atoms with Crippen molar-refractivity contribution < 1.29 is 86.6 Å². The zero-order valence-electron chi connectivity index (χ0n) is 53.0. The molecule has 0 radical (unpaired) electrons. The zero-order valence-corrected chi connectivity index (χ0v) is 54.7.